The maximum absolute atomic E-state index is 11.6. The summed E-state index contributed by atoms with van der Waals surface area (Å²) in [7, 11) is 0. The summed E-state index contributed by atoms with van der Waals surface area (Å²) in [6, 6.07) is 14.8. The zero-order chi connectivity index (χ0) is 23.4. The number of benzene rings is 2. The highest BCUT2D eigenvalue weighted by molar-refractivity contribution is 7.11. The summed E-state index contributed by atoms with van der Waals surface area (Å²) in [6.45, 7) is 6.73. The van der Waals surface area contributed by atoms with Crippen LogP contribution in [0.3, 0.4) is 0 Å². The molecular weight excluding hydrogens is 448 g/mol. The van der Waals surface area contributed by atoms with Gasteiger partial charge in [0, 0.05) is 13.8 Å². The van der Waals surface area contributed by atoms with Crippen molar-refractivity contribution >= 4 is 34.2 Å². The van der Waals surface area contributed by atoms with Gasteiger partial charge in [-0.1, -0.05) is 35.4 Å². The summed E-state index contributed by atoms with van der Waals surface area (Å²) in [5.74, 6) is -0.374. The van der Waals surface area contributed by atoms with E-state index in [1.807, 2.05) is 38.1 Å². The van der Waals surface area contributed by atoms with Gasteiger partial charge in [-0.15, -0.1) is 10.2 Å². The molecule has 0 N–H and O–H groups in total. The highest BCUT2D eigenvalue weighted by Gasteiger charge is 2.12. The third kappa shape index (κ3) is 5.40. The number of carbonyl (C=O) groups excluding carboxylic acids is 2. The number of ketones is 2. The molecule has 0 spiro atoms. The Kier molecular flexibility index (Phi) is 7.06. The van der Waals surface area contributed by atoms with Crippen LogP contribution < -0.4 is 9.75 Å². The number of rotatable bonds is 4. The molecule has 2 heterocycles. The van der Waals surface area contributed by atoms with Gasteiger partial charge in [-0.2, -0.15) is 9.36 Å². The minimum atomic E-state index is -0.242. The molecule has 0 aliphatic heterocycles. The Hall–Kier alpha value is -3.50. The molecular formula is C22H20N4O4S2. The lowest BCUT2D eigenvalue weighted by atomic mass is 10.2. The van der Waals surface area contributed by atoms with Gasteiger partial charge in [0.15, 0.2) is 21.6 Å². The summed E-state index contributed by atoms with van der Waals surface area (Å²) in [4.78, 5) is 44.9. The first kappa shape index (κ1) is 23.2. The standard InChI is InChI=1S/2C11H10N2O2S/c2*1-7-3-5-9(6-4-7)13-11(15)16-10(12-13)8(2)14/h2*3-6H,1-2H3. The van der Waals surface area contributed by atoms with E-state index >= 15 is 0 Å². The first-order chi connectivity index (χ1) is 15.2. The van der Waals surface area contributed by atoms with Gasteiger partial charge >= 0.3 is 9.75 Å². The first-order valence-corrected chi connectivity index (χ1v) is 11.2. The van der Waals surface area contributed by atoms with E-state index in [0.29, 0.717) is 11.4 Å². The van der Waals surface area contributed by atoms with Gasteiger partial charge in [-0.25, -0.2) is 0 Å². The first-order valence-electron chi connectivity index (χ1n) is 9.52. The number of Topliss-reactive ketones (excluding diaryl/α,β-unsaturated/α-hetero) is 2. The van der Waals surface area contributed by atoms with E-state index in [4.69, 9.17) is 0 Å². The highest BCUT2D eigenvalue weighted by atomic mass is 32.1. The van der Waals surface area contributed by atoms with Crippen LogP contribution in [0.4, 0.5) is 0 Å². The number of aryl methyl sites for hydroxylation is 2. The predicted molar refractivity (Wildman–Crippen MR) is 125 cm³/mol. The fourth-order valence-corrected chi connectivity index (χ4v) is 3.87. The van der Waals surface area contributed by atoms with Crippen LogP contribution >= 0.6 is 22.7 Å². The van der Waals surface area contributed by atoms with E-state index in [1.54, 1.807) is 24.3 Å². The molecule has 0 amide bonds. The highest BCUT2D eigenvalue weighted by Crippen LogP contribution is 2.10. The number of carbonyl (C=O) groups is 2. The monoisotopic (exact) mass is 468 g/mol. The van der Waals surface area contributed by atoms with Crippen molar-refractivity contribution in [1.29, 1.82) is 0 Å². The van der Waals surface area contributed by atoms with Gasteiger partial charge in [0.05, 0.1) is 11.4 Å². The largest absolute Gasteiger partial charge is 0.330 e. The van der Waals surface area contributed by atoms with Gasteiger partial charge in [-0.3, -0.25) is 19.2 Å². The molecule has 0 unspecified atom stereocenters. The van der Waals surface area contributed by atoms with Gasteiger partial charge < -0.3 is 0 Å². The summed E-state index contributed by atoms with van der Waals surface area (Å²) < 4.78 is 2.50. The molecule has 4 rings (SSSR count). The topological polar surface area (TPSA) is 104 Å². The molecule has 164 valence electrons. The van der Waals surface area contributed by atoms with Crippen molar-refractivity contribution in [1.82, 2.24) is 19.6 Å². The summed E-state index contributed by atoms with van der Waals surface area (Å²) in [6.07, 6.45) is 0. The van der Waals surface area contributed by atoms with E-state index in [1.165, 1.54) is 23.2 Å². The van der Waals surface area contributed by atoms with Crippen LogP contribution in [0.15, 0.2) is 58.1 Å². The second kappa shape index (κ2) is 9.75. The fourth-order valence-electron chi connectivity index (χ4n) is 2.54. The van der Waals surface area contributed by atoms with Gasteiger partial charge in [0.2, 0.25) is 0 Å². The van der Waals surface area contributed by atoms with Crippen LogP contribution in [0.25, 0.3) is 11.4 Å². The van der Waals surface area contributed by atoms with E-state index < -0.39 is 0 Å². The summed E-state index contributed by atoms with van der Waals surface area (Å²) >= 11 is 1.74. The lowest BCUT2D eigenvalue weighted by Crippen LogP contribution is -2.12. The van der Waals surface area contributed by atoms with Crippen molar-refractivity contribution in [3.05, 3.63) is 89.0 Å². The van der Waals surface area contributed by atoms with Gasteiger partial charge in [-0.05, 0) is 60.8 Å². The second-order valence-corrected chi connectivity index (χ2v) is 8.83. The number of hydrogen-bond donors (Lipinski definition) is 0. The molecule has 0 aliphatic rings. The average Bonchev–Trinajstić information content (AvgIpc) is 3.33. The van der Waals surface area contributed by atoms with Gasteiger partial charge in [0.1, 0.15) is 0 Å². The third-order valence-corrected chi connectivity index (χ3v) is 6.07. The molecule has 10 heteroatoms. The van der Waals surface area contributed by atoms with Crippen LogP contribution in [-0.4, -0.2) is 31.1 Å². The molecule has 0 atom stereocenters. The predicted octanol–water partition coefficient (Wildman–Crippen LogP) is 3.61. The number of nitrogens with zero attached hydrogens (tertiary/aromatic N) is 4. The van der Waals surface area contributed by atoms with Crippen molar-refractivity contribution < 1.29 is 9.59 Å². The molecule has 32 heavy (non-hydrogen) atoms. The Bertz CT molecular complexity index is 1270. The van der Waals surface area contributed by atoms with Crippen molar-refractivity contribution in [2.75, 3.05) is 0 Å². The zero-order valence-electron chi connectivity index (χ0n) is 17.9. The third-order valence-electron chi connectivity index (χ3n) is 4.25. The smallest absolute Gasteiger partial charge is 0.292 e. The van der Waals surface area contributed by atoms with Crippen LogP contribution in [0.5, 0.6) is 0 Å². The Morgan fingerprint density at radius 3 is 1.22 bits per heavy atom. The van der Waals surface area contributed by atoms with E-state index in [2.05, 4.69) is 10.2 Å². The molecule has 0 aliphatic carbocycles. The Balaban J connectivity index is 0.000000181. The Labute approximate surface area is 191 Å². The van der Waals surface area contributed by atoms with Crippen molar-refractivity contribution in [2.45, 2.75) is 27.7 Å². The quantitative estimate of drug-likeness (QED) is 0.424. The summed E-state index contributed by atoms with van der Waals surface area (Å²) in [5.41, 5.74) is 3.58. The second-order valence-electron chi connectivity index (χ2n) is 6.95. The number of hydrogen-bond acceptors (Lipinski definition) is 8. The normalized spacial score (nSPS) is 10.4. The minimum absolute atomic E-state index is 0.187. The molecule has 0 saturated carbocycles. The van der Waals surface area contributed by atoms with E-state index in [9.17, 15) is 19.2 Å². The lowest BCUT2D eigenvalue weighted by Gasteiger charge is -1.99. The van der Waals surface area contributed by atoms with E-state index in [0.717, 1.165) is 33.8 Å². The molecule has 0 bridgehead atoms. The van der Waals surface area contributed by atoms with Gasteiger partial charge in [0.25, 0.3) is 0 Å². The fraction of sp³-hybridized carbons (Fsp3) is 0.182. The molecule has 2 aromatic carbocycles. The van der Waals surface area contributed by atoms with E-state index in [-0.39, 0.29) is 31.3 Å². The molecule has 0 fully saturated rings. The SMILES string of the molecule is CC(=O)c1nn(-c2ccc(C)cc2)c(=O)s1.CC(=O)c1nn(-c2ccc(C)cc2)c(=O)s1. The maximum atomic E-state index is 11.6. The zero-order valence-corrected chi connectivity index (χ0v) is 19.5. The molecule has 2 aromatic heterocycles. The average molecular weight is 469 g/mol. The van der Waals surface area contributed by atoms with Crippen LogP contribution in [0.2, 0.25) is 0 Å². The minimum Gasteiger partial charge on any atom is -0.292 e. The molecule has 8 nitrogen and oxygen atoms in total. The lowest BCUT2D eigenvalue weighted by molar-refractivity contribution is 0.100. The maximum Gasteiger partial charge on any atom is 0.330 e. The Morgan fingerprint density at radius 2 is 0.969 bits per heavy atom. The van der Waals surface area contributed by atoms with Crippen molar-refractivity contribution in [3.63, 3.8) is 0 Å². The molecule has 0 saturated heterocycles. The van der Waals surface area contributed by atoms with Crippen LogP contribution in [-0.2, 0) is 0 Å². The van der Waals surface area contributed by atoms with Crippen molar-refractivity contribution in [2.24, 2.45) is 0 Å². The summed E-state index contributed by atoms with van der Waals surface area (Å²) in [5, 5.41) is 8.45. The Morgan fingerprint density at radius 1 is 0.656 bits per heavy atom. The van der Waals surface area contributed by atoms with Crippen LogP contribution in [0, 0.1) is 13.8 Å². The molecule has 4 aromatic rings. The molecule has 0 radical (unpaired) electrons. The van der Waals surface area contributed by atoms with Crippen LogP contribution in [0.1, 0.15) is 44.6 Å². The van der Waals surface area contributed by atoms with Crippen molar-refractivity contribution in [3.8, 4) is 11.4 Å². The number of aromatic nitrogens is 4.